The van der Waals surface area contributed by atoms with E-state index in [0.717, 1.165) is 40.1 Å². The van der Waals surface area contributed by atoms with E-state index in [1.165, 1.54) is 0 Å². The van der Waals surface area contributed by atoms with Gasteiger partial charge in [0.2, 0.25) is 0 Å². The van der Waals surface area contributed by atoms with Crippen molar-refractivity contribution in [2.75, 3.05) is 26.2 Å². The molecule has 2 aromatic heterocycles. The second-order valence-electron chi connectivity index (χ2n) is 7.53. The maximum Gasteiger partial charge on any atom is 0.404 e. The van der Waals surface area contributed by atoms with Crippen LogP contribution >= 0.6 is 15.9 Å². The molecule has 164 valence electrons. The molecular weight excluding hydrogens is 466 g/mol. The number of aliphatic hydroxyl groups is 1. The number of aromatic nitrogens is 3. The first-order valence-corrected chi connectivity index (χ1v) is 10.9. The molecule has 3 aromatic rings. The number of amides is 1. The third kappa shape index (κ3) is 5.72. The SMILES string of the molecule is NC(=O)OC1CCN(CC(O)COc2ccc(-c3nc4cc(Br)cnc4[nH]3)cc2)CC1. The number of hydrogen-bond acceptors (Lipinski definition) is 7. The van der Waals surface area contributed by atoms with E-state index in [-0.39, 0.29) is 12.7 Å². The number of aromatic amines is 1. The molecule has 9 nitrogen and oxygen atoms in total. The van der Waals surface area contributed by atoms with Gasteiger partial charge in [-0.1, -0.05) is 0 Å². The van der Waals surface area contributed by atoms with Gasteiger partial charge in [0.05, 0.1) is 0 Å². The summed E-state index contributed by atoms with van der Waals surface area (Å²) in [4.78, 5) is 25.0. The third-order valence-electron chi connectivity index (χ3n) is 5.16. The van der Waals surface area contributed by atoms with Crippen molar-refractivity contribution in [3.05, 3.63) is 41.0 Å². The normalized spacial score (nSPS) is 16.3. The van der Waals surface area contributed by atoms with E-state index in [2.05, 4.69) is 35.8 Å². The molecule has 4 rings (SSSR count). The molecular formula is C21H24BrN5O4. The highest BCUT2D eigenvalue weighted by Crippen LogP contribution is 2.23. The van der Waals surface area contributed by atoms with E-state index < -0.39 is 12.2 Å². The van der Waals surface area contributed by atoms with E-state index in [0.29, 0.717) is 25.1 Å². The van der Waals surface area contributed by atoms with Crippen LogP contribution in [0.2, 0.25) is 0 Å². The molecule has 1 aliphatic rings. The van der Waals surface area contributed by atoms with Crippen LogP contribution in [0.3, 0.4) is 0 Å². The van der Waals surface area contributed by atoms with Crippen molar-refractivity contribution in [2.45, 2.75) is 25.0 Å². The number of β-amino-alcohol motifs (C(OH)–C–C–N with tert-alkyl or cyclic N) is 1. The molecule has 10 heteroatoms. The van der Waals surface area contributed by atoms with Crippen molar-refractivity contribution in [1.82, 2.24) is 19.9 Å². The highest BCUT2D eigenvalue weighted by atomic mass is 79.9. The number of carbonyl (C=O) groups is 1. The number of halogens is 1. The van der Waals surface area contributed by atoms with Gasteiger partial charge < -0.3 is 30.2 Å². The van der Waals surface area contributed by atoms with Crippen LogP contribution in [0.4, 0.5) is 4.79 Å². The Morgan fingerprint density at radius 3 is 2.77 bits per heavy atom. The zero-order valence-electron chi connectivity index (χ0n) is 16.8. The summed E-state index contributed by atoms with van der Waals surface area (Å²) in [6.45, 7) is 2.18. The van der Waals surface area contributed by atoms with Gasteiger partial charge in [-0.2, -0.15) is 0 Å². The van der Waals surface area contributed by atoms with Gasteiger partial charge in [0.15, 0.2) is 5.65 Å². The molecule has 1 atom stereocenters. The Morgan fingerprint density at radius 1 is 1.32 bits per heavy atom. The van der Waals surface area contributed by atoms with Gasteiger partial charge in [0.1, 0.15) is 35.9 Å². The molecule has 0 bridgehead atoms. The van der Waals surface area contributed by atoms with Crippen LogP contribution < -0.4 is 10.5 Å². The molecule has 3 heterocycles. The number of carbonyl (C=O) groups excluding carboxylic acids is 1. The summed E-state index contributed by atoms with van der Waals surface area (Å²) < 4.78 is 11.6. The van der Waals surface area contributed by atoms with Crippen LogP contribution in [0.5, 0.6) is 5.75 Å². The largest absolute Gasteiger partial charge is 0.491 e. The number of ether oxygens (including phenoxy) is 2. The van der Waals surface area contributed by atoms with Crippen molar-refractivity contribution < 1.29 is 19.4 Å². The van der Waals surface area contributed by atoms with E-state index in [1.807, 2.05) is 30.3 Å². The molecule has 0 spiro atoms. The van der Waals surface area contributed by atoms with Gasteiger partial charge in [0.25, 0.3) is 0 Å². The molecule has 0 aliphatic carbocycles. The fourth-order valence-electron chi connectivity index (χ4n) is 3.63. The number of nitrogens with zero attached hydrogens (tertiary/aromatic N) is 3. The van der Waals surface area contributed by atoms with E-state index in [9.17, 15) is 9.90 Å². The monoisotopic (exact) mass is 489 g/mol. The lowest BCUT2D eigenvalue weighted by atomic mass is 10.1. The van der Waals surface area contributed by atoms with Crippen molar-refractivity contribution in [1.29, 1.82) is 0 Å². The zero-order chi connectivity index (χ0) is 21.8. The van der Waals surface area contributed by atoms with E-state index in [4.69, 9.17) is 15.2 Å². The number of piperidine rings is 1. The Hall–Kier alpha value is -2.69. The number of likely N-dealkylation sites (tertiary alicyclic amines) is 1. The molecule has 1 saturated heterocycles. The molecule has 1 amide bonds. The Kier molecular flexibility index (Phi) is 6.69. The van der Waals surface area contributed by atoms with Gasteiger partial charge in [-0.15, -0.1) is 0 Å². The van der Waals surface area contributed by atoms with Crippen molar-refractivity contribution in [3.63, 3.8) is 0 Å². The summed E-state index contributed by atoms with van der Waals surface area (Å²) in [5, 5.41) is 10.3. The van der Waals surface area contributed by atoms with E-state index >= 15 is 0 Å². The summed E-state index contributed by atoms with van der Waals surface area (Å²) in [6, 6.07) is 9.45. The van der Waals surface area contributed by atoms with Crippen LogP contribution in [0.25, 0.3) is 22.6 Å². The van der Waals surface area contributed by atoms with Crippen LogP contribution in [0.1, 0.15) is 12.8 Å². The number of H-pyrrole nitrogens is 1. The quantitative estimate of drug-likeness (QED) is 0.465. The fraction of sp³-hybridized carbons (Fsp3) is 0.381. The zero-order valence-corrected chi connectivity index (χ0v) is 18.4. The van der Waals surface area contributed by atoms with Gasteiger partial charge in [-0.05, 0) is 59.1 Å². The summed E-state index contributed by atoms with van der Waals surface area (Å²) in [6.07, 6.45) is 1.67. The number of imidazole rings is 1. The summed E-state index contributed by atoms with van der Waals surface area (Å²) in [5.74, 6) is 1.41. The van der Waals surface area contributed by atoms with Crippen molar-refractivity contribution in [3.8, 4) is 17.1 Å². The second kappa shape index (κ2) is 9.63. The minimum absolute atomic E-state index is 0.135. The number of fused-ring (bicyclic) bond motifs is 1. The smallest absolute Gasteiger partial charge is 0.404 e. The average molecular weight is 490 g/mol. The number of primary amides is 1. The molecule has 1 aromatic carbocycles. The summed E-state index contributed by atoms with van der Waals surface area (Å²) in [7, 11) is 0. The molecule has 1 fully saturated rings. The Morgan fingerprint density at radius 2 is 2.06 bits per heavy atom. The second-order valence-corrected chi connectivity index (χ2v) is 8.45. The van der Waals surface area contributed by atoms with Crippen LogP contribution in [0, 0.1) is 0 Å². The minimum Gasteiger partial charge on any atom is -0.491 e. The van der Waals surface area contributed by atoms with Gasteiger partial charge in [-0.25, -0.2) is 14.8 Å². The first-order valence-electron chi connectivity index (χ1n) is 10.1. The lowest BCUT2D eigenvalue weighted by Crippen LogP contribution is -2.43. The molecule has 0 saturated carbocycles. The molecule has 1 unspecified atom stereocenters. The first-order chi connectivity index (χ1) is 15.0. The summed E-state index contributed by atoms with van der Waals surface area (Å²) in [5.41, 5.74) is 7.50. The number of rotatable bonds is 7. The standard InChI is InChI=1S/C21H24BrN5O4/c22-14-9-18-20(24-10-14)26-19(25-18)13-1-3-16(4-2-13)30-12-15(28)11-27-7-5-17(6-8-27)31-21(23)29/h1-4,9-10,15,17,28H,5-8,11-12H2,(H2,23,29)(H,24,25,26). The molecule has 4 N–H and O–H groups in total. The minimum atomic E-state index is -0.733. The summed E-state index contributed by atoms with van der Waals surface area (Å²) >= 11 is 3.40. The van der Waals surface area contributed by atoms with Gasteiger partial charge in [0, 0.05) is 35.9 Å². The molecule has 0 radical (unpaired) electrons. The van der Waals surface area contributed by atoms with Crippen molar-refractivity contribution >= 4 is 33.2 Å². The maximum atomic E-state index is 10.8. The number of benzene rings is 1. The number of nitrogens with one attached hydrogen (secondary N) is 1. The average Bonchev–Trinajstić information content (AvgIpc) is 3.17. The Labute approximate surface area is 187 Å². The molecule has 1 aliphatic heterocycles. The number of hydrogen-bond donors (Lipinski definition) is 3. The number of aliphatic hydroxyl groups excluding tert-OH is 1. The highest BCUT2D eigenvalue weighted by molar-refractivity contribution is 9.10. The van der Waals surface area contributed by atoms with Gasteiger partial charge >= 0.3 is 6.09 Å². The van der Waals surface area contributed by atoms with Crippen LogP contribution in [0.15, 0.2) is 41.0 Å². The number of nitrogens with two attached hydrogens (primary N) is 1. The lowest BCUT2D eigenvalue weighted by Gasteiger charge is -2.32. The number of pyridine rings is 1. The maximum absolute atomic E-state index is 10.8. The van der Waals surface area contributed by atoms with Crippen molar-refractivity contribution in [2.24, 2.45) is 5.73 Å². The first kappa shape index (κ1) is 21.5. The fourth-order valence-corrected chi connectivity index (χ4v) is 3.95. The van der Waals surface area contributed by atoms with Gasteiger partial charge in [-0.3, -0.25) is 0 Å². The predicted octanol–water partition coefficient (Wildman–Crippen LogP) is 2.69. The lowest BCUT2D eigenvalue weighted by molar-refractivity contribution is 0.0256. The van der Waals surface area contributed by atoms with Crippen LogP contribution in [-0.2, 0) is 4.74 Å². The van der Waals surface area contributed by atoms with E-state index in [1.54, 1.807) is 6.20 Å². The third-order valence-corrected chi connectivity index (χ3v) is 5.59. The Balaban J connectivity index is 1.26. The predicted molar refractivity (Wildman–Crippen MR) is 119 cm³/mol. The Bertz CT molecular complexity index is 1030. The highest BCUT2D eigenvalue weighted by Gasteiger charge is 2.23. The molecule has 31 heavy (non-hydrogen) atoms. The topological polar surface area (TPSA) is 127 Å². The van der Waals surface area contributed by atoms with Crippen LogP contribution in [-0.4, -0.2) is 69.5 Å².